The molecule has 0 unspecified atom stereocenters. The highest BCUT2D eigenvalue weighted by molar-refractivity contribution is 5.97. The van der Waals surface area contributed by atoms with Crippen LogP contribution in [0.5, 0.6) is 0 Å². The number of ketones is 5. The van der Waals surface area contributed by atoms with Crippen LogP contribution in [-0.4, -0.2) is 180 Å². The summed E-state index contributed by atoms with van der Waals surface area (Å²) in [6, 6.07) is 60.6. The third-order valence-corrected chi connectivity index (χ3v) is 25.3. The Morgan fingerprint density at radius 2 is 0.574 bits per heavy atom. The van der Waals surface area contributed by atoms with Crippen molar-refractivity contribution in [3.05, 3.63) is 222 Å². The largest absolute Gasteiger partial charge is 0.444 e. The molecule has 0 fully saturated rings. The van der Waals surface area contributed by atoms with Crippen molar-refractivity contribution in [3.63, 3.8) is 0 Å². The number of ether oxygens (including phenoxy) is 2. The number of aryl methyl sites for hydroxylation is 1. The number of hydrogen-bond donors (Lipinski definition) is 4. The van der Waals surface area contributed by atoms with Gasteiger partial charge in [-0.1, -0.05) is 314 Å². The minimum Gasteiger partial charge on any atom is -0.444 e. The highest BCUT2D eigenvalue weighted by Gasteiger charge is 2.31. The van der Waals surface area contributed by atoms with Crippen LogP contribution in [0.4, 0.5) is 9.59 Å². The van der Waals surface area contributed by atoms with Crippen LogP contribution in [-0.2, 0) is 35.1 Å². The summed E-state index contributed by atoms with van der Waals surface area (Å²) in [5.74, 6) is 6.11. The summed E-state index contributed by atoms with van der Waals surface area (Å²) in [5.41, 5.74) is 17.9. The second-order valence-electron chi connectivity index (χ2n) is 45.7. The fraction of sp³-hybridized carbons (Fsp3) is 0.577. The number of fused-ring (bicyclic) bond motifs is 5. The van der Waals surface area contributed by atoms with E-state index in [1.807, 2.05) is 90.1 Å². The Hall–Kier alpha value is -9.40. The monoisotopic (exact) mass is 1930 g/mol. The molecule has 0 saturated carbocycles. The van der Waals surface area contributed by atoms with E-state index < -0.39 is 35.5 Å². The van der Waals surface area contributed by atoms with Crippen molar-refractivity contribution in [2.45, 2.75) is 335 Å². The molecule has 1 aliphatic carbocycles. The van der Waals surface area contributed by atoms with Gasteiger partial charge >= 0.3 is 12.2 Å². The smallest absolute Gasteiger partial charge is 0.408 e. The molecule has 18 nitrogen and oxygen atoms in total. The maximum atomic E-state index is 13.5. The minimum atomic E-state index is -0.612. The zero-order valence-electron chi connectivity index (χ0n) is 91.8. The molecular weight excluding hydrogens is 1750 g/mol. The van der Waals surface area contributed by atoms with E-state index in [1.165, 1.54) is 54.2 Å². The number of Topliss-reactive ketones (excluding diaryl/α,β-unsaturated/α-hetero) is 5. The normalized spacial score (nSPS) is 14.1. The van der Waals surface area contributed by atoms with Gasteiger partial charge in [-0.25, -0.2) is 9.59 Å². The van der Waals surface area contributed by atoms with Crippen molar-refractivity contribution in [2.75, 3.05) is 78.5 Å². The molecule has 776 valence electrons. The van der Waals surface area contributed by atoms with Crippen LogP contribution in [0.2, 0.25) is 0 Å². The highest BCUT2D eigenvalue weighted by Crippen LogP contribution is 2.34. The first-order chi connectivity index (χ1) is 66.6. The summed E-state index contributed by atoms with van der Waals surface area (Å²) in [4.78, 5) is 103. The van der Waals surface area contributed by atoms with Crippen molar-refractivity contribution in [1.29, 1.82) is 0 Å². The molecule has 8 atom stereocenters. The van der Waals surface area contributed by atoms with Gasteiger partial charge in [0.15, 0.2) is 17.3 Å². The van der Waals surface area contributed by atoms with Gasteiger partial charge in [0.1, 0.15) is 28.5 Å². The van der Waals surface area contributed by atoms with Gasteiger partial charge in [0.05, 0.1) is 24.2 Å². The van der Waals surface area contributed by atoms with E-state index in [9.17, 15) is 33.6 Å². The first-order valence-electron chi connectivity index (χ1n) is 53.5. The zero-order chi connectivity index (χ0) is 104. The van der Waals surface area contributed by atoms with Gasteiger partial charge in [0.25, 0.3) is 0 Å². The molecule has 0 saturated heterocycles. The Kier molecular flexibility index (Phi) is 52.6. The van der Waals surface area contributed by atoms with E-state index >= 15 is 0 Å². The van der Waals surface area contributed by atoms with Gasteiger partial charge in [0, 0.05) is 90.7 Å². The fourth-order valence-corrected chi connectivity index (χ4v) is 19.5. The van der Waals surface area contributed by atoms with Crippen LogP contribution in [0.1, 0.15) is 332 Å². The van der Waals surface area contributed by atoms with E-state index in [0.717, 1.165) is 147 Å². The number of carbonyl (C=O) groups excluding carboxylic acids is 7. The molecule has 8 aromatic carbocycles. The molecule has 0 spiro atoms. The maximum absolute atomic E-state index is 13.5. The topological polar surface area (TPSA) is 240 Å². The predicted octanol–water partition coefficient (Wildman–Crippen LogP) is 27.2. The first-order valence-corrected chi connectivity index (χ1v) is 53.5. The molecule has 6 N–H and O–H groups in total. The number of benzene rings is 8. The molecule has 18 heteroatoms. The molecule has 1 aromatic heterocycles. The van der Waals surface area contributed by atoms with Crippen LogP contribution >= 0.6 is 0 Å². The summed E-state index contributed by atoms with van der Waals surface area (Å²) in [6.07, 6.45) is 11.5. The van der Waals surface area contributed by atoms with Gasteiger partial charge in [0.2, 0.25) is 0 Å². The quantitative estimate of drug-likeness (QED) is 0.0277. The Bertz CT molecular complexity index is 4880. The lowest BCUT2D eigenvalue weighted by Gasteiger charge is -2.27. The van der Waals surface area contributed by atoms with Crippen LogP contribution in [0.3, 0.4) is 0 Å². The number of alkyl carbamates (subject to hydrolysis) is 2. The van der Waals surface area contributed by atoms with Gasteiger partial charge in [-0.15, -0.1) is 0 Å². The standard InChI is InChI=1S/2C31H48N2O3.2C26H40N2O.C9H9NO/c2*1-22(2)20-33(21-23(3)4)18-12-17-28(32-30(35)36-31(6,7)8)29(34)19-24(5)26-16-11-14-25-13-9-10-15-27(25)26;2*1-19(2)17-28(18-20(3)4)15-9-14-25(27)26(29)16-21(5)23-13-8-11-22-10-6-7-12-24(22)23;11-8-5-1-3-7-4-2-6-10-9(7)8/h2*9-11,13-16,22-24,28H,12,17-21H2,1-8H3,(H,32,35);2*6-8,10-13,19-21,25H,9,14-18,27H2,1-5H3;2,4,6H,1,3,5H2/t2*24-,28+;2*21-,25+;/m1111./s1. The van der Waals surface area contributed by atoms with Crippen LogP contribution in [0, 0.1) is 47.3 Å². The summed E-state index contributed by atoms with van der Waals surface area (Å²) in [6.45, 7) is 67.9. The number of rotatable bonds is 50. The molecule has 2 amide bonds. The second kappa shape index (κ2) is 61.7. The van der Waals surface area contributed by atoms with E-state index in [1.54, 1.807) is 6.20 Å². The van der Waals surface area contributed by atoms with Gasteiger partial charge in [-0.3, -0.25) is 29.0 Å². The number of hydrogen-bond acceptors (Lipinski definition) is 16. The molecule has 0 aliphatic heterocycles. The molecular formula is C123H185N9O9. The maximum Gasteiger partial charge on any atom is 0.408 e. The van der Waals surface area contributed by atoms with Crippen LogP contribution < -0.4 is 22.1 Å². The number of pyridine rings is 1. The van der Waals surface area contributed by atoms with Crippen LogP contribution in [0.15, 0.2) is 188 Å². The Labute approximate surface area is 851 Å². The lowest BCUT2D eigenvalue weighted by Crippen LogP contribution is -2.44. The number of carbonyl (C=O) groups is 7. The third kappa shape index (κ3) is 45.6. The first kappa shape index (κ1) is 120. The SMILES string of the molecule is CC(C)CN(CCC[C@H](N)C(=O)C[C@@H](C)c1cccc2ccccc12)CC(C)C.CC(C)CN(CCC[C@H](N)C(=O)C[C@@H](C)c1cccc2ccccc12)CC(C)C.CC(C)CN(CCC[C@H](NC(=O)OC(C)(C)C)C(=O)C[C@@H](C)c1cccc2ccccc12)CC(C)C.CC(C)CN(CCC[C@H](NC(=O)OC(C)(C)C)C(=O)C[C@@H](C)c1cccc2ccccc12)CC(C)C.O=C1CCCc2cccnc21. The Morgan fingerprint density at radius 3 is 0.830 bits per heavy atom. The van der Waals surface area contributed by atoms with Crippen molar-refractivity contribution in [3.8, 4) is 0 Å². The number of nitrogens with two attached hydrogens (primary N) is 2. The van der Waals surface area contributed by atoms with E-state index in [2.05, 4.69) is 307 Å². The Balaban J connectivity index is 0.000000278. The average molecular weight is 1930 g/mol. The van der Waals surface area contributed by atoms with Gasteiger partial charge in [-0.05, 0) is 280 Å². The van der Waals surface area contributed by atoms with Crippen molar-refractivity contribution >= 4 is 84.2 Å². The lowest BCUT2D eigenvalue weighted by molar-refractivity contribution is -0.122. The van der Waals surface area contributed by atoms with Crippen molar-refractivity contribution < 1.29 is 43.0 Å². The highest BCUT2D eigenvalue weighted by atomic mass is 16.6. The number of aromatic nitrogens is 1. The van der Waals surface area contributed by atoms with E-state index in [4.69, 9.17) is 20.9 Å². The number of nitrogens with zero attached hydrogens (tertiary/aromatic N) is 5. The molecule has 1 heterocycles. The number of nitrogens with one attached hydrogen (secondary N) is 2. The predicted molar refractivity (Wildman–Crippen MR) is 593 cm³/mol. The molecule has 0 radical (unpaired) electrons. The molecule has 1 aliphatic rings. The average Bonchev–Trinajstić information content (AvgIpc) is 0.822. The molecule has 141 heavy (non-hydrogen) atoms. The zero-order valence-corrected chi connectivity index (χ0v) is 91.8. The van der Waals surface area contributed by atoms with Crippen molar-refractivity contribution in [1.82, 2.24) is 35.2 Å². The summed E-state index contributed by atoms with van der Waals surface area (Å²) < 4.78 is 11.0. The van der Waals surface area contributed by atoms with E-state index in [-0.39, 0.29) is 64.7 Å². The molecule has 9 aromatic rings. The van der Waals surface area contributed by atoms with Gasteiger partial charge < -0.3 is 51.2 Å². The molecule has 0 bridgehead atoms. The summed E-state index contributed by atoms with van der Waals surface area (Å²) >= 11 is 0. The second-order valence-corrected chi connectivity index (χ2v) is 45.7. The third-order valence-electron chi connectivity index (χ3n) is 25.3. The van der Waals surface area contributed by atoms with Crippen molar-refractivity contribution in [2.24, 2.45) is 58.8 Å². The summed E-state index contributed by atoms with van der Waals surface area (Å²) in [7, 11) is 0. The molecule has 10 rings (SSSR count). The summed E-state index contributed by atoms with van der Waals surface area (Å²) in [5, 5.41) is 15.4. The number of amides is 2. The lowest BCUT2D eigenvalue weighted by atomic mass is 9.89. The van der Waals surface area contributed by atoms with Crippen LogP contribution in [0.25, 0.3) is 43.1 Å². The van der Waals surface area contributed by atoms with Gasteiger partial charge in [-0.2, -0.15) is 0 Å². The fourth-order valence-electron chi connectivity index (χ4n) is 19.5. The van der Waals surface area contributed by atoms with E-state index in [0.29, 0.717) is 98.0 Å². The minimum absolute atomic E-state index is 0.0462. The Morgan fingerprint density at radius 1 is 0.326 bits per heavy atom.